The van der Waals surface area contributed by atoms with Crippen LogP contribution in [0.3, 0.4) is 0 Å². The highest BCUT2D eigenvalue weighted by Crippen LogP contribution is 2.17. The predicted octanol–water partition coefficient (Wildman–Crippen LogP) is 4.06. The minimum atomic E-state index is -1.06. The summed E-state index contributed by atoms with van der Waals surface area (Å²) in [6.45, 7) is 0.380. The van der Waals surface area contributed by atoms with Gasteiger partial charge in [0.2, 0.25) is 0 Å². The van der Waals surface area contributed by atoms with Gasteiger partial charge in [0.25, 0.3) is 5.91 Å². The van der Waals surface area contributed by atoms with Crippen LogP contribution in [0.5, 0.6) is 5.75 Å². The molecule has 5 nitrogen and oxygen atoms in total. The van der Waals surface area contributed by atoms with Crippen LogP contribution in [-0.4, -0.2) is 25.0 Å². The van der Waals surface area contributed by atoms with Crippen molar-refractivity contribution in [3.63, 3.8) is 0 Å². The Balaban J connectivity index is 1.70. The monoisotopic (exact) mass is 425 g/mol. The van der Waals surface area contributed by atoms with Gasteiger partial charge in [-0.15, -0.1) is 0 Å². The van der Waals surface area contributed by atoms with Crippen LogP contribution in [0.4, 0.5) is 8.78 Å². The Labute approximate surface area is 178 Å². The number of hydrogen-bond acceptors (Lipinski definition) is 4. The third kappa shape index (κ3) is 6.12. The Morgan fingerprint density at radius 1 is 0.935 bits per heavy atom. The van der Waals surface area contributed by atoms with E-state index in [0.717, 1.165) is 17.7 Å². The zero-order valence-electron chi connectivity index (χ0n) is 16.8. The van der Waals surface area contributed by atoms with Crippen molar-refractivity contribution in [3.05, 3.63) is 101 Å². The van der Waals surface area contributed by atoms with Gasteiger partial charge in [0, 0.05) is 12.5 Å². The highest BCUT2D eigenvalue weighted by molar-refractivity contribution is 5.97. The smallest absolute Gasteiger partial charge is 0.328 e. The molecule has 3 aromatic carbocycles. The first-order valence-electron chi connectivity index (χ1n) is 9.55. The zero-order chi connectivity index (χ0) is 22.2. The number of esters is 1. The molecule has 0 saturated heterocycles. The van der Waals surface area contributed by atoms with Gasteiger partial charge >= 0.3 is 5.97 Å². The van der Waals surface area contributed by atoms with E-state index in [0.29, 0.717) is 24.0 Å². The van der Waals surface area contributed by atoms with Crippen molar-refractivity contribution in [2.45, 2.75) is 19.1 Å². The number of methoxy groups -OCH3 is 1. The molecule has 0 radical (unpaired) electrons. The number of carbonyl (C=O) groups is 2. The lowest BCUT2D eigenvalue weighted by molar-refractivity contribution is -0.142. The third-order valence-corrected chi connectivity index (χ3v) is 4.55. The first-order chi connectivity index (χ1) is 15.0. The van der Waals surface area contributed by atoms with Crippen LogP contribution in [0, 0.1) is 11.6 Å². The Morgan fingerprint density at radius 3 is 2.39 bits per heavy atom. The second-order valence-corrected chi connectivity index (χ2v) is 6.80. The molecule has 1 atom stereocenters. The lowest BCUT2D eigenvalue weighted by Gasteiger charge is -2.17. The summed E-state index contributed by atoms with van der Waals surface area (Å²) in [5, 5.41) is 2.45. The van der Waals surface area contributed by atoms with E-state index in [1.165, 1.54) is 7.11 Å². The molecule has 0 aromatic heterocycles. The number of hydrogen-bond donors (Lipinski definition) is 1. The number of ether oxygens (including phenoxy) is 2. The summed E-state index contributed by atoms with van der Waals surface area (Å²) in [6, 6.07) is 18.3. The van der Waals surface area contributed by atoms with Crippen molar-refractivity contribution in [2.75, 3.05) is 7.11 Å². The van der Waals surface area contributed by atoms with Gasteiger partial charge in [0.05, 0.1) is 12.7 Å². The van der Waals surface area contributed by atoms with E-state index < -0.39 is 29.6 Å². The number of rotatable bonds is 8. The van der Waals surface area contributed by atoms with Crippen LogP contribution in [-0.2, 0) is 22.6 Å². The Morgan fingerprint density at radius 2 is 1.68 bits per heavy atom. The lowest BCUT2D eigenvalue weighted by atomic mass is 10.0. The van der Waals surface area contributed by atoms with Gasteiger partial charge in [-0.25, -0.2) is 13.6 Å². The van der Waals surface area contributed by atoms with Gasteiger partial charge in [-0.3, -0.25) is 4.79 Å². The van der Waals surface area contributed by atoms with E-state index in [-0.39, 0.29) is 12.0 Å². The van der Waals surface area contributed by atoms with E-state index in [1.807, 2.05) is 30.3 Å². The van der Waals surface area contributed by atoms with Gasteiger partial charge in [-0.05, 0) is 35.4 Å². The topological polar surface area (TPSA) is 64.6 Å². The molecule has 0 heterocycles. The zero-order valence-corrected chi connectivity index (χ0v) is 16.8. The van der Waals surface area contributed by atoms with Crippen molar-refractivity contribution < 1.29 is 27.8 Å². The SMILES string of the molecule is COC(=O)[C@H](Cc1cccc(OCc2ccccc2)c1)NC(=O)c1ccc(F)cc1F. The van der Waals surface area contributed by atoms with Crippen molar-refractivity contribution in [3.8, 4) is 5.75 Å². The van der Waals surface area contributed by atoms with Gasteiger partial charge in [0.1, 0.15) is 30.0 Å². The van der Waals surface area contributed by atoms with Crippen LogP contribution in [0.1, 0.15) is 21.5 Å². The van der Waals surface area contributed by atoms with Crippen molar-refractivity contribution in [2.24, 2.45) is 0 Å². The standard InChI is InChI=1S/C24H21F2NO4/c1-30-24(29)22(27-23(28)20-11-10-18(25)14-21(20)26)13-17-8-5-9-19(12-17)31-15-16-6-3-2-4-7-16/h2-12,14,22H,13,15H2,1H3,(H,27,28)/t22-/m0/s1. The molecular formula is C24H21F2NO4. The summed E-state index contributed by atoms with van der Waals surface area (Å²) in [5.41, 5.74) is 1.35. The lowest BCUT2D eigenvalue weighted by Crippen LogP contribution is -2.43. The molecule has 0 spiro atoms. The summed E-state index contributed by atoms with van der Waals surface area (Å²) in [6.07, 6.45) is 0.101. The second-order valence-electron chi connectivity index (χ2n) is 6.80. The number of amides is 1. The van der Waals surface area contributed by atoms with Crippen LogP contribution < -0.4 is 10.1 Å². The maximum atomic E-state index is 13.9. The summed E-state index contributed by atoms with van der Waals surface area (Å²) >= 11 is 0. The van der Waals surface area contributed by atoms with E-state index >= 15 is 0 Å². The third-order valence-electron chi connectivity index (χ3n) is 4.55. The normalized spacial score (nSPS) is 11.5. The maximum absolute atomic E-state index is 13.9. The molecule has 160 valence electrons. The Kier molecular flexibility index (Phi) is 7.32. The van der Waals surface area contributed by atoms with Gasteiger partial charge in [-0.1, -0.05) is 42.5 Å². The fourth-order valence-electron chi connectivity index (χ4n) is 2.98. The van der Waals surface area contributed by atoms with E-state index in [2.05, 4.69) is 5.32 Å². The minimum Gasteiger partial charge on any atom is -0.489 e. The molecule has 0 saturated carbocycles. The van der Waals surface area contributed by atoms with E-state index in [1.54, 1.807) is 24.3 Å². The molecule has 0 aliphatic carbocycles. The second kappa shape index (κ2) is 10.3. The molecule has 31 heavy (non-hydrogen) atoms. The quantitative estimate of drug-likeness (QED) is 0.553. The van der Waals surface area contributed by atoms with Gasteiger partial charge in [-0.2, -0.15) is 0 Å². The maximum Gasteiger partial charge on any atom is 0.328 e. The van der Waals surface area contributed by atoms with Crippen molar-refractivity contribution in [1.29, 1.82) is 0 Å². The highest BCUT2D eigenvalue weighted by atomic mass is 19.1. The Bertz CT molecular complexity index is 1060. The minimum absolute atomic E-state index is 0.101. The molecule has 0 fully saturated rings. The molecular weight excluding hydrogens is 404 g/mol. The van der Waals surface area contributed by atoms with Crippen LogP contribution in [0.25, 0.3) is 0 Å². The van der Waals surface area contributed by atoms with Crippen LogP contribution in [0.2, 0.25) is 0 Å². The fourth-order valence-corrected chi connectivity index (χ4v) is 2.98. The average Bonchev–Trinajstić information content (AvgIpc) is 2.77. The summed E-state index contributed by atoms with van der Waals surface area (Å²) in [5.74, 6) is -2.75. The number of nitrogens with one attached hydrogen (secondary N) is 1. The number of halogens is 2. The van der Waals surface area contributed by atoms with Crippen molar-refractivity contribution in [1.82, 2.24) is 5.32 Å². The van der Waals surface area contributed by atoms with E-state index in [4.69, 9.17) is 9.47 Å². The first kappa shape index (κ1) is 22.0. The summed E-state index contributed by atoms with van der Waals surface area (Å²) in [7, 11) is 1.19. The Hall–Kier alpha value is -3.74. The molecule has 0 aliphatic rings. The van der Waals surface area contributed by atoms with E-state index in [9.17, 15) is 18.4 Å². The fraction of sp³-hybridized carbons (Fsp3) is 0.167. The van der Waals surface area contributed by atoms with Crippen LogP contribution >= 0.6 is 0 Å². The number of carbonyl (C=O) groups excluding carboxylic acids is 2. The van der Waals surface area contributed by atoms with Gasteiger partial charge in [0.15, 0.2) is 0 Å². The molecule has 7 heteroatoms. The van der Waals surface area contributed by atoms with Gasteiger partial charge < -0.3 is 14.8 Å². The van der Waals surface area contributed by atoms with Crippen molar-refractivity contribution >= 4 is 11.9 Å². The number of benzene rings is 3. The molecule has 3 aromatic rings. The summed E-state index contributed by atoms with van der Waals surface area (Å²) < 4.78 is 37.6. The largest absolute Gasteiger partial charge is 0.489 e. The molecule has 1 amide bonds. The average molecular weight is 425 g/mol. The summed E-state index contributed by atoms with van der Waals surface area (Å²) in [4.78, 5) is 24.6. The van der Waals surface area contributed by atoms with Crippen LogP contribution in [0.15, 0.2) is 72.8 Å². The predicted molar refractivity (Wildman–Crippen MR) is 111 cm³/mol. The molecule has 3 rings (SSSR count). The first-order valence-corrected chi connectivity index (χ1v) is 9.55. The molecule has 1 N–H and O–H groups in total. The molecule has 0 aliphatic heterocycles. The molecule has 0 unspecified atom stereocenters. The highest BCUT2D eigenvalue weighted by Gasteiger charge is 2.24. The molecule has 0 bridgehead atoms.